The van der Waals surface area contributed by atoms with E-state index in [1.807, 2.05) is 12.1 Å². The van der Waals surface area contributed by atoms with Crippen LogP contribution in [0.1, 0.15) is 6.42 Å². The number of carbonyl (C=O) groups excluding carboxylic acids is 1. The molecule has 0 radical (unpaired) electrons. The molecule has 4 nitrogen and oxygen atoms in total. The van der Waals surface area contributed by atoms with Gasteiger partial charge in [0.15, 0.2) is 0 Å². The number of halogens is 1. The zero-order valence-electron chi connectivity index (χ0n) is 7.61. The highest BCUT2D eigenvalue weighted by Gasteiger charge is 2.09. The normalized spacial score (nSPS) is 9.93. The van der Waals surface area contributed by atoms with Crippen LogP contribution in [0.3, 0.4) is 0 Å². The fourth-order valence-corrected chi connectivity index (χ4v) is 1.35. The van der Waals surface area contributed by atoms with Gasteiger partial charge in [0, 0.05) is 16.5 Å². The quantitative estimate of drug-likeness (QED) is 0.376. The summed E-state index contributed by atoms with van der Waals surface area (Å²) in [6.45, 7) is 0.316. The molecule has 0 heterocycles. The van der Waals surface area contributed by atoms with Crippen LogP contribution in [-0.2, 0) is 4.79 Å². The van der Waals surface area contributed by atoms with Gasteiger partial charge in [-0.25, -0.2) is 10.9 Å². The number of nitrogens with two attached hydrogens (primary N) is 2. The molecule has 0 unspecified atom stereocenters. The van der Waals surface area contributed by atoms with Crippen LogP contribution >= 0.6 is 22.6 Å². The van der Waals surface area contributed by atoms with Crippen molar-refractivity contribution >= 4 is 34.2 Å². The molecule has 0 aliphatic rings. The molecule has 0 spiro atoms. The molecule has 0 fully saturated rings. The molecule has 1 aromatic rings. The van der Waals surface area contributed by atoms with Crippen molar-refractivity contribution in [1.82, 2.24) is 0 Å². The van der Waals surface area contributed by atoms with Gasteiger partial charge in [0.1, 0.15) is 0 Å². The molecule has 76 valence electrons. The Balaban J connectivity index is 2.73. The maximum atomic E-state index is 11.3. The number of carbonyl (C=O) groups is 1. The Morgan fingerprint density at radius 3 is 2.43 bits per heavy atom. The molecule has 1 rings (SSSR count). The number of benzene rings is 1. The number of nitrogens with zero attached hydrogens (tertiary/aromatic N) is 1. The second kappa shape index (κ2) is 5.28. The van der Waals surface area contributed by atoms with Crippen molar-refractivity contribution in [3.05, 3.63) is 27.8 Å². The van der Waals surface area contributed by atoms with Crippen LogP contribution in [0.15, 0.2) is 24.3 Å². The number of rotatable bonds is 3. The monoisotopic (exact) mass is 305 g/mol. The van der Waals surface area contributed by atoms with Crippen LogP contribution in [0.5, 0.6) is 0 Å². The van der Waals surface area contributed by atoms with Gasteiger partial charge in [0.2, 0.25) is 5.91 Å². The Morgan fingerprint density at radius 1 is 1.36 bits per heavy atom. The molecule has 5 heteroatoms. The van der Waals surface area contributed by atoms with Crippen LogP contribution in [0, 0.1) is 3.57 Å². The Bertz CT molecular complexity index is 312. The fraction of sp³-hybridized carbons (Fsp3) is 0.222. The lowest BCUT2D eigenvalue weighted by Gasteiger charge is -2.15. The maximum absolute atomic E-state index is 11.3. The van der Waals surface area contributed by atoms with E-state index < -0.39 is 0 Å². The molecule has 0 aliphatic heterocycles. The van der Waals surface area contributed by atoms with Gasteiger partial charge < -0.3 is 5.73 Å². The molecular weight excluding hydrogens is 293 g/mol. The third kappa shape index (κ3) is 2.93. The Kier molecular flexibility index (Phi) is 4.30. The number of hydrogen-bond donors (Lipinski definition) is 2. The predicted octanol–water partition coefficient (Wildman–Crippen LogP) is 0.847. The second-order valence-electron chi connectivity index (χ2n) is 2.78. The van der Waals surface area contributed by atoms with E-state index in [9.17, 15) is 4.79 Å². The molecule has 1 aromatic carbocycles. The van der Waals surface area contributed by atoms with Crippen molar-refractivity contribution in [3.63, 3.8) is 0 Å². The SMILES string of the molecule is NCCC(=O)N(N)c1ccc(I)cc1. The lowest BCUT2D eigenvalue weighted by molar-refractivity contribution is -0.118. The summed E-state index contributed by atoms with van der Waals surface area (Å²) in [4.78, 5) is 11.3. The van der Waals surface area contributed by atoms with E-state index in [0.29, 0.717) is 12.2 Å². The molecule has 0 saturated heterocycles. The summed E-state index contributed by atoms with van der Waals surface area (Å²) in [5.74, 6) is 5.43. The summed E-state index contributed by atoms with van der Waals surface area (Å²) >= 11 is 2.19. The van der Waals surface area contributed by atoms with Gasteiger partial charge in [-0.05, 0) is 46.9 Å². The number of hydrazine groups is 1. The lowest BCUT2D eigenvalue weighted by Crippen LogP contribution is -2.38. The minimum atomic E-state index is -0.172. The molecule has 14 heavy (non-hydrogen) atoms. The number of amides is 1. The molecule has 0 aromatic heterocycles. The minimum absolute atomic E-state index is 0.172. The van der Waals surface area contributed by atoms with Gasteiger partial charge in [-0.15, -0.1) is 0 Å². The fourth-order valence-electron chi connectivity index (χ4n) is 0.990. The van der Waals surface area contributed by atoms with E-state index in [4.69, 9.17) is 11.6 Å². The van der Waals surface area contributed by atoms with Crippen molar-refractivity contribution in [2.24, 2.45) is 11.6 Å². The summed E-state index contributed by atoms with van der Waals surface area (Å²) < 4.78 is 1.10. The minimum Gasteiger partial charge on any atom is -0.330 e. The van der Waals surface area contributed by atoms with Crippen molar-refractivity contribution in [3.8, 4) is 0 Å². The van der Waals surface area contributed by atoms with Crippen LogP contribution in [-0.4, -0.2) is 12.5 Å². The van der Waals surface area contributed by atoms with Crippen molar-refractivity contribution in [1.29, 1.82) is 0 Å². The van der Waals surface area contributed by atoms with Crippen LogP contribution in [0.4, 0.5) is 5.69 Å². The van der Waals surface area contributed by atoms with Crippen LogP contribution in [0.25, 0.3) is 0 Å². The number of hydrogen-bond acceptors (Lipinski definition) is 3. The first-order valence-electron chi connectivity index (χ1n) is 4.18. The third-order valence-electron chi connectivity index (χ3n) is 1.73. The largest absolute Gasteiger partial charge is 0.330 e. The highest BCUT2D eigenvalue weighted by molar-refractivity contribution is 14.1. The van der Waals surface area contributed by atoms with E-state index in [2.05, 4.69) is 22.6 Å². The zero-order chi connectivity index (χ0) is 10.6. The van der Waals surface area contributed by atoms with Crippen LogP contribution < -0.4 is 16.6 Å². The van der Waals surface area contributed by atoms with Crippen LogP contribution in [0.2, 0.25) is 0 Å². The Hall–Kier alpha value is -0.660. The van der Waals surface area contributed by atoms with E-state index >= 15 is 0 Å². The van der Waals surface area contributed by atoms with Gasteiger partial charge in [0.25, 0.3) is 0 Å². The van der Waals surface area contributed by atoms with Crippen molar-refractivity contribution in [2.45, 2.75) is 6.42 Å². The molecule has 0 aliphatic carbocycles. The van der Waals surface area contributed by atoms with E-state index in [-0.39, 0.29) is 12.3 Å². The smallest absolute Gasteiger partial charge is 0.242 e. The average molecular weight is 305 g/mol. The zero-order valence-corrected chi connectivity index (χ0v) is 9.77. The molecular formula is C9H12IN3O. The summed E-state index contributed by atoms with van der Waals surface area (Å²) in [5, 5.41) is 1.13. The van der Waals surface area contributed by atoms with Crippen molar-refractivity contribution < 1.29 is 4.79 Å². The van der Waals surface area contributed by atoms with Gasteiger partial charge in [-0.2, -0.15) is 0 Å². The van der Waals surface area contributed by atoms with Gasteiger partial charge in [-0.3, -0.25) is 4.79 Å². The molecule has 1 amide bonds. The highest BCUT2D eigenvalue weighted by atomic mass is 127. The third-order valence-corrected chi connectivity index (χ3v) is 2.45. The van der Waals surface area contributed by atoms with E-state index in [0.717, 1.165) is 8.58 Å². The van der Waals surface area contributed by atoms with Gasteiger partial charge >= 0.3 is 0 Å². The standard InChI is InChI=1S/C9H12IN3O/c10-7-1-3-8(4-2-7)13(12)9(14)5-6-11/h1-4H,5-6,11-12H2. The first kappa shape index (κ1) is 11.4. The summed E-state index contributed by atoms with van der Waals surface area (Å²) in [7, 11) is 0. The maximum Gasteiger partial charge on any atom is 0.242 e. The summed E-state index contributed by atoms with van der Waals surface area (Å²) in [6.07, 6.45) is 0.266. The molecule has 0 saturated carbocycles. The molecule has 0 atom stereocenters. The molecule has 0 bridgehead atoms. The Morgan fingerprint density at radius 2 is 1.93 bits per heavy atom. The van der Waals surface area contributed by atoms with E-state index in [1.54, 1.807) is 12.1 Å². The van der Waals surface area contributed by atoms with Crippen molar-refractivity contribution in [2.75, 3.05) is 11.6 Å². The topological polar surface area (TPSA) is 72.4 Å². The summed E-state index contributed by atoms with van der Waals surface area (Å²) in [5.41, 5.74) is 5.95. The lowest BCUT2D eigenvalue weighted by atomic mass is 10.3. The van der Waals surface area contributed by atoms with Gasteiger partial charge in [-0.1, -0.05) is 0 Å². The highest BCUT2D eigenvalue weighted by Crippen LogP contribution is 2.14. The second-order valence-corrected chi connectivity index (χ2v) is 4.02. The first-order chi connectivity index (χ1) is 6.65. The predicted molar refractivity (Wildman–Crippen MR) is 64.5 cm³/mol. The molecule has 4 N–H and O–H groups in total. The van der Waals surface area contributed by atoms with E-state index in [1.165, 1.54) is 0 Å². The average Bonchev–Trinajstić information content (AvgIpc) is 2.18. The van der Waals surface area contributed by atoms with Gasteiger partial charge in [0.05, 0.1) is 5.69 Å². The first-order valence-corrected chi connectivity index (χ1v) is 5.26. The number of anilines is 1. The Labute approximate surface area is 96.4 Å². The summed E-state index contributed by atoms with van der Waals surface area (Å²) in [6, 6.07) is 7.39.